The van der Waals surface area contributed by atoms with E-state index in [0.29, 0.717) is 27.6 Å². The molecule has 3 aliphatic rings. The van der Waals surface area contributed by atoms with E-state index in [2.05, 4.69) is 88.8 Å². The van der Waals surface area contributed by atoms with Gasteiger partial charge < -0.3 is 0 Å². The highest BCUT2D eigenvalue weighted by Crippen LogP contribution is 2.45. The van der Waals surface area contributed by atoms with Gasteiger partial charge in [0, 0.05) is 61.4 Å². The highest BCUT2D eigenvalue weighted by molar-refractivity contribution is 5.03. The zero-order chi connectivity index (χ0) is 23.3. The van der Waals surface area contributed by atoms with Crippen LogP contribution in [0, 0.1) is 5.41 Å². The van der Waals surface area contributed by atoms with Crippen LogP contribution < -0.4 is 0 Å². The van der Waals surface area contributed by atoms with Crippen molar-refractivity contribution >= 4 is 0 Å². The van der Waals surface area contributed by atoms with Crippen molar-refractivity contribution in [1.29, 1.82) is 0 Å². The molecule has 0 atom stereocenters. The predicted molar refractivity (Wildman–Crippen MR) is 135 cm³/mol. The van der Waals surface area contributed by atoms with E-state index in [4.69, 9.17) is 0 Å². The second kappa shape index (κ2) is 8.56. The molecule has 3 aliphatic heterocycles. The Morgan fingerprint density at radius 3 is 1.23 bits per heavy atom. The van der Waals surface area contributed by atoms with Gasteiger partial charge in [-0.3, -0.25) is 19.6 Å². The van der Waals surface area contributed by atoms with Gasteiger partial charge in [-0.25, -0.2) is 0 Å². The van der Waals surface area contributed by atoms with Crippen LogP contribution in [-0.2, 0) is 0 Å². The average molecular weight is 435 g/mol. The Kier molecular flexibility index (Phi) is 7.03. The largest absolute Gasteiger partial charge is 0.298 e. The van der Waals surface area contributed by atoms with Gasteiger partial charge in [0.15, 0.2) is 0 Å². The molecule has 3 fully saturated rings. The number of piperazine rings is 1. The summed E-state index contributed by atoms with van der Waals surface area (Å²) in [5.74, 6) is 0. The third kappa shape index (κ3) is 5.86. The number of nitrogens with zero attached hydrogens (tertiary/aromatic N) is 4. The van der Waals surface area contributed by atoms with Gasteiger partial charge in [0.2, 0.25) is 0 Å². The normalized spacial score (nSPS) is 25.7. The van der Waals surface area contributed by atoms with Crippen LogP contribution in [0.2, 0.25) is 0 Å². The van der Waals surface area contributed by atoms with Gasteiger partial charge in [-0.15, -0.1) is 0 Å². The Hall–Kier alpha value is -0.160. The molecule has 3 saturated heterocycles. The van der Waals surface area contributed by atoms with Crippen LogP contribution in [0.4, 0.5) is 0 Å². The second-order valence-corrected chi connectivity index (χ2v) is 14.3. The van der Waals surface area contributed by atoms with E-state index in [1.165, 1.54) is 78.0 Å². The lowest BCUT2D eigenvalue weighted by Gasteiger charge is -2.60. The molecule has 31 heavy (non-hydrogen) atoms. The quantitative estimate of drug-likeness (QED) is 0.608. The fraction of sp³-hybridized carbons (Fsp3) is 1.00. The van der Waals surface area contributed by atoms with Crippen LogP contribution in [0.15, 0.2) is 0 Å². The van der Waals surface area contributed by atoms with Crippen molar-refractivity contribution in [3.63, 3.8) is 0 Å². The van der Waals surface area contributed by atoms with Crippen molar-refractivity contribution in [3.05, 3.63) is 0 Å². The van der Waals surface area contributed by atoms with Crippen LogP contribution >= 0.6 is 0 Å². The maximum atomic E-state index is 2.81. The first-order chi connectivity index (χ1) is 14.0. The third-order valence-electron chi connectivity index (χ3n) is 9.11. The summed E-state index contributed by atoms with van der Waals surface area (Å²) in [6.45, 7) is 34.1. The molecular formula is C27H54N4. The van der Waals surface area contributed by atoms with Gasteiger partial charge in [-0.1, -0.05) is 0 Å². The molecule has 4 heteroatoms. The number of hydrogen-bond donors (Lipinski definition) is 0. The Labute approximate surface area is 194 Å². The Balaban J connectivity index is 1.46. The summed E-state index contributed by atoms with van der Waals surface area (Å²) in [4.78, 5) is 10.9. The molecule has 1 spiro atoms. The predicted octanol–water partition coefficient (Wildman–Crippen LogP) is 4.94. The molecule has 0 aromatic rings. The first-order valence-electron chi connectivity index (χ1n) is 13.0. The van der Waals surface area contributed by atoms with E-state index in [1.54, 1.807) is 0 Å². The highest BCUT2D eigenvalue weighted by Gasteiger charge is 2.49. The molecule has 4 nitrogen and oxygen atoms in total. The molecule has 3 heterocycles. The molecule has 182 valence electrons. The van der Waals surface area contributed by atoms with Crippen molar-refractivity contribution < 1.29 is 0 Å². The first kappa shape index (κ1) is 25.5. The molecule has 0 saturated carbocycles. The molecule has 0 aromatic carbocycles. The number of hydrogen-bond acceptors (Lipinski definition) is 4. The summed E-state index contributed by atoms with van der Waals surface area (Å²) < 4.78 is 0. The summed E-state index contributed by atoms with van der Waals surface area (Å²) in [5, 5.41) is 0. The van der Waals surface area contributed by atoms with Gasteiger partial charge in [0.1, 0.15) is 0 Å². The third-order valence-corrected chi connectivity index (χ3v) is 9.11. The van der Waals surface area contributed by atoms with Crippen LogP contribution in [0.3, 0.4) is 0 Å². The van der Waals surface area contributed by atoms with E-state index in [0.717, 1.165) is 0 Å². The Bertz CT molecular complexity index is 586. The van der Waals surface area contributed by atoms with E-state index in [1.807, 2.05) is 0 Å². The van der Waals surface area contributed by atoms with Crippen molar-refractivity contribution in [2.45, 2.75) is 117 Å². The second-order valence-electron chi connectivity index (χ2n) is 14.3. The Morgan fingerprint density at radius 1 is 0.484 bits per heavy atom. The van der Waals surface area contributed by atoms with E-state index in [9.17, 15) is 0 Å². The molecule has 0 bridgehead atoms. The monoisotopic (exact) mass is 434 g/mol. The lowest BCUT2D eigenvalue weighted by Crippen LogP contribution is -2.66. The zero-order valence-electron chi connectivity index (χ0n) is 22.8. The highest BCUT2D eigenvalue weighted by atomic mass is 15.3. The van der Waals surface area contributed by atoms with Crippen molar-refractivity contribution in [2.24, 2.45) is 5.41 Å². The van der Waals surface area contributed by atoms with Gasteiger partial charge in [0.25, 0.3) is 0 Å². The fourth-order valence-electron chi connectivity index (χ4n) is 6.05. The van der Waals surface area contributed by atoms with Crippen LogP contribution in [0.1, 0.15) is 94.9 Å². The van der Waals surface area contributed by atoms with Crippen LogP contribution in [0.5, 0.6) is 0 Å². The lowest BCUT2D eigenvalue weighted by atomic mass is 9.69. The molecule has 0 unspecified atom stereocenters. The summed E-state index contributed by atoms with van der Waals surface area (Å²) in [6, 6.07) is 0. The topological polar surface area (TPSA) is 13.0 Å². The summed E-state index contributed by atoms with van der Waals surface area (Å²) in [7, 11) is 0. The fourth-order valence-corrected chi connectivity index (χ4v) is 6.05. The standard InChI is InChI=1S/C27H54N4/c1-23(2,3)28-17-19-30(20-18-28)26(9,10)12-11-25(7,8)29-15-13-27(14-16-29)21-31(22-27)24(4,5)6/h11-22H2,1-10H3. The van der Waals surface area contributed by atoms with Crippen LogP contribution in [0.25, 0.3) is 0 Å². The van der Waals surface area contributed by atoms with Crippen molar-refractivity contribution in [3.8, 4) is 0 Å². The molecule has 0 radical (unpaired) electrons. The SMILES string of the molecule is CC(C)(C)N1CCN(C(C)(C)CCC(C)(C)N2CCC3(CC2)CN(C(C)(C)C)C3)CC1. The molecule has 0 amide bonds. The van der Waals surface area contributed by atoms with E-state index in [-0.39, 0.29) is 0 Å². The summed E-state index contributed by atoms with van der Waals surface area (Å²) in [5.41, 5.74) is 1.85. The molecule has 0 N–H and O–H groups in total. The van der Waals surface area contributed by atoms with Crippen molar-refractivity contribution in [2.75, 3.05) is 52.4 Å². The molecule has 0 aromatic heterocycles. The maximum Gasteiger partial charge on any atom is 0.0155 e. The molecular weight excluding hydrogens is 380 g/mol. The van der Waals surface area contributed by atoms with E-state index < -0.39 is 0 Å². The first-order valence-corrected chi connectivity index (χ1v) is 13.0. The lowest BCUT2D eigenvalue weighted by molar-refractivity contribution is -0.102. The van der Waals surface area contributed by atoms with Crippen molar-refractivity contribution in [1.82, 2.24) is 19.6 Å². The Morgan fingerprint density at radius 2 is 0.839 bits per heavy atom. The minimum Gasteiger partial charge on any atom is -0.298 e. The molecule has 3 rings (SSSR count). The average Bonchev–Trinajstić information content (AvgIpc) is 2.63. The zero-order valence-corrected chi connectivity index (χ0v) is 22.8. The van der Waals surface area contributed by atoms with E-state index >= 15 is 0 Å². The summed E-state index contributed by atoms with van der Waals surface area (Å²) >= 11 is 0. The van der Waals surface area contributed by atoms with Gasteiger partial charge in [0.05, 0.1) is 0 Å². The van der Waals surface area contributed by atoms with Gasteiger partial charge >= 0.3 is 0 Å². The molecule has 0 aliphatic carbocycles. The smallest absolute Gasteiger partial charge is 0.0155 e. The van der Waals surface area contributed by atoms with Gasteiger partial charge in [-0.05, 0) is 113 Å². The summed E-state index contributed by atoms with van der Waals surface area (Å²) in [6.07, 6.45) is 5.36. The minimum absolute atomic E-state index is 0.291. The number of piperidine rings is 1. The maximum absolute atomic E-state index is 2.81. The minimum atomic E-state index is 0.291. The van der Waals surface area contributed by atoms with Gasteiger partial charge in [-0.2, -0.15) is 0 Å². The number of rotatable bonds is 5. The van der Waals surface area contributed by atoms with Crippen LogP contribution in [-0.4, -0.2) is 94.1 Å². The number of likely N-dealkylation sites (tertiary alicyclic amines) is 2.